The number of nitrogens with zero attached hydrogens (tertiary/aromatic N) is 4. The van der Waals surface area contributed by atoms with E-state index in [1.165, 1.54) is 0 Å². The van der Waals surface area contributed by atoms with Gasteiger partial charge in [0.25, 0.3) is 0 Å². The topological polar surface area (TPSA) is 64.7 Å². The third kappa shape index (κ3) is 5.24. The number of hydrogen-bond donors (Lipinski definition) is 1. The van der Waals surface area contributed by atoms with Gasteiger partial charge in [-0.2, -0.15) is 10.2 Å². The zero-order valence-electron chi connectivity index (χ0n) is 14.2. The van der Waals surface area contributed by atoms with E-state index in [2.05, 4.69) is 54.0 Å². The van der Waals surface area contributed by atoms with Crippen LogP contribution in [-0.4, -0.2) is 25.5 Å². The molecule has 0 aliphatic heterocycles. The Kier molecular flexibility index (Phi) is 6.83. The molecule has 0 atom stereocenters. The molecular formula is C17H15BrCl2IN5O. The lowest BCUT2D eigenvalue weighted by Crippen LogP contribution is -2.16. The molecule has 2 heterocycles. The summed E-state index contributed by atoms with van der Waals surface area (Å²) in [5, 5.41) is 12.5. The minimum Gasteiger partial charge on any atom is -0.308 e. The van der Waals surface area contributed by atoms with Crippen LogP contribution in [0.2, 0.25) is 10.0 Å². The molecule has 10 heteroatoms. The lowest BCUT2D eigenvalue weighted by atomic mass is 10.2. The van der Waals surface area contributed by atoms with Crippen LogP contribution < -0.4 is 5.32 Å². The molecule has 1 N–H and O–H groups in total. The Hall–Kier alpha value is -1.10. The third-order valence-electron chi connectivity index (χ3n) is 3.90. The summed E-state index contributed by atoms with van der Waals surface area (Å²) in [6, 6.07) is 5.43. The molecule has 6 nitrogen and oxygen atoms in total. The van der Waals surface area contributed by atoms with Crippen LogP contribution in [-0.2, 0) is 17.9 Å². The molecule has 0 unspecified atom stereocenters. The molecule has 3 aromatic rings. The van der Waals surface area contributed by atoms with Crippen LogP contribution in [0.5, 0.6) is 0 Å². The molecule has 142 valence electrons. The zero-order chi connectivity index (χ0) is 19.6. The van der Waals surface area contributed by atoms with Crippen LogP contribution in [0.4, 0.5) is 5.82 Å². The maximum atomic E-state index is 12.2. The highest BCUT2D eigenvalue weighted by Gasteiger charge is 2.12. The summed E-state index contributed by atoms with van der Waals surface area (Å²) in [5.74, 6) is 0.354. The van der Waals surface area contributed by atoms with Crippen LogP contribution in [0.15, 0.2) is 35.1 Å². The Balaban J connectivity index is 1.61. The van der Waals surface area contributed by atoms with Crippen LogP contribution in [0.25, 0.3) is 0 Å². The Bertz CT molecular complexity index is 988. The third-order valence-corrected chi connectivity index (χ3v) is 6.28. The number of nitrogens with one attached hydrogen (secondary N) is 1. The van der Waals surface area contributed by atoms with Gasteiger partial charge in [-0.15, -0.1) is 0 Å². The van der Waals surface area contributed by atoms with E-state index in [0.717, 1.165) is 14.8 Å². The van der Waals surface area contributed by atoms with Crippen LogP contribution in [0.1, 0.15) is 17.7 Å². The van der Waals surface area contributed by atoms with Crippen molar-refractivity contribution in [1.29, 1.82) is 0 Å². The van der Waals surface area contributed by atoms with Crippen molar-refractivity contribution in [2.45, 2.75) is 26.4 Å². The quantitative estimate of drug-likeness (QED) is 0.410. The zero-order valence-corrected chi connectivity index (χ0v) is 19.5. The Morgan fingerprint density at radius 3 is 2.78 bits per heavy atom. The van der Waals surface area contributed by atoms with E-state index in [-0.39, 0.29) is 5.91 Å². The normalized spacial score (nSPS) is 11.0. The number of halogens is 4. The average Bonchev–Trinajstić information content (AvgIpc) is 3.12. The summed E-state index contributed by atoms with van der Waals surface area (Å²) in [4.78, 5) is 12.2. The Morgan fingerprint density at radius 1 is 1.33 bits per heavy atom. The molecule has 1 aromatic carbocycles. The Labute approximate surface area is 188 Å². The van der Waals surface area contributed by atoms with Gasteiger partial charge < -0.3 is 5.32 Å². The standard InChI is InChI=1S/C17H15BrCl2IN5O/c1-10-15(21)7-22-26(10)5-4-16(27)23-17-12(18)9-25(24-17)8-11-2-3-13(19)14(20)6-11/h2-3,6-7,9H,4-5,8H2,1H3,(H,23,24,27). The number of aryl methyl sites for hydroxylation is 1. The van der Waals surface area contributed by atoms with Gasteiger partial charge in [0.1, 0.15) is 0 Å². The van der Waals surface area contributed by atoms with Crippen LogP contribution >= 0.6 is 61.7 Å². The molecule has 0 aliphatic carbocycles. The summed E-state index contributed by atoms with van der Waals surface area (Å²) in [5.41, 5.74) is 2.01. The van der Waals surface area contributed by atoms with E-state index < -0.39 is 0 Å². The van der Waals surface area contributed by atoms with E-state index in [1.54, 1.807) is 29.2 Å². The van der Waals surface area contributed by atoms with Crippen LogP contribution in [0.3, 0.4) is 0 Å². The van der Waals surface area contributed by atoms with Gasteiger partial charge >= 0.3 is 0 Å². The predicted octanol–water partition coefficient (Wildman–Crippen LogP) is 5.14. The Morgan fingerprint density at radius 2 is 2.11 bits per heavy atom. The fourth-order valence-electron chi connectivity index (χ4n) is 2.44. The minimum atomic E-state index is -0.125. The van der Waals surface area contributed by atoms with Crippen molar-refractivity contribution >= 4 is 73.4 Å². The average molecular weight is 583 g/mol. The fourth-order valence-corrected chi connectivity index (χ4v) is 3.58. The van der Waals surface area contributed by atoms with E-state index in [1.807, 2.05) is 17.7 Å². The maximum absolute atomic E-state index is 12.2. The predicted molar refractivity (Wildman–Crippen MR) is 118 cm³/mol. The van der Waals surface area contributed by atoms with Gasteiger partial charge in [0.15, 0.2) is 5.82 Å². The number of rotatable bonds is 6. The highest BCUT2D eigenvalue weighted by atomic mass is 127. The second kappa shape index (κ2) is 8.93. The second-order valence-electron chi connectivity index (χ2n) is 5.87. The van der Waals surface area contributed by atoms with Gasteiger partial charge in [-0.25, -0.2) is 0 Å². The molecule has 27 heavy (non-hydrogen) atoms. The van der Waals surface area contributed by atoms with Crippen molar-refractivity contribution in [3.05, 3.63) is 59.9 Å². The van der Waals surface area contributed by atoms with Crippen molar-refractivity contribution in [2.75, 3.05) is 5.32 Å². The number of hydrogen-bond acceptors (Lipinski definition) is 3. The van der Waals surface area contributed by atoms with E-state index in [9.17, 15) is 4.79 Å². The number of anilines is 1. The molecule has 3 rings (SSSR count). The summed E-state index contributed by atoms with van der Waals surface area (Å²) < 4.78 is 5.33. The summed E-state index contributed by atoms with van der Waals surface area (Å²) in [7, 11) is 0. The molecule has 0 aliphatic rings. The first-order valence-electron chi connectivity index (χ1n) is 7.98. The summed E-state index contributed by atoms with van der Waals surface area (Å²) in [6.07, 6.45) is 3.90. The minimum absolute atomic E-state index is 0.125. The molecule has 0 bridgehead atoms. The monoisotopic (exact) mass is 581 g/mol. The first-order valence-corrected chi connectivity index (χ1v) is 10.6. The molecular weight excluding hydrogens is 568 g/mol. The smallest absolute Gasteiger partial charge is 0.227 e. The van der Waals surface area contributed by atoms with E-state index >= 15 is 0 Å². The van der Waals surface area contributed by atoms with E-state index in [4.69, 9.17) is 23.2 Å². The first kappa shape index (κ1) is 20.6. The largest absolute Gasteiger partial charge is 0.308 e. The van der Waals surface area contributed by atoms with Crippen molar-refractivity contribution in [3.8, 4) is 0 Å². The van der Waals surface area contributed by atoms with Gasteiger partial charge in [-0.1, -0.05) is 29.3 Å². The van der Waals surface area contributed by atoms with Gasteiger partial charge in [0, 0.05) is 18.3 Å². The van der Waals surface area contributed by atoms with Crippen LogP contribution in [0, 0.1) is 10.5 Å². The van der Waals surface area contributed by atoms with Gasteiger partial charge in [0.05, 0.1) is 37.4 Å². The molecule has 0 radical (unpaired) electrons. The molecule has 0 saturated heterocycles. The molecule has 2 aromatic heterocycles. The lowest BCUT2D eigenvalue weighted by molar-refractivity contribution is -0.116. The lowest BCUT2D eigenvalue weighted by Gasteiger charge is -2.06. The number of carbonyl (C=O) groups is 1. The number of benzene rings is 1. The van der Waals surface area contributed by atoms with Crippen molar-refractivity contribution < 1.29 is 4.79 Å². The van der Waals surface area contributed by atoms with Crippen molar-refractivity contribution in [3.63, 3.8) is 0 Å². The highest BCUT2D eigenvalue weighted by Crippen LogP contribution is 2.24. The van der Waals surface area contributed by atoms with Gasteiger partial charge in [-0.3, -0.25) is 14.2 Å². The SMILES string of the molecule is Cc1c(I)cnn1CCC(=O)Nc1nn(Cc2ccc(Cl)c(Cl)c2)cc1Br. The van der Waals surface area contributed by atoms with Gasteiger partial charge in [0.2, 0.25) is 5.91 Å². The summed E-state index contributed by atoms with van der Waals surface area (Å²) >= 11 is 17.6. The summed E-state index contributed by atoms with van der Waals surface area (Å²) in [6.45, 7) is 3.01. The molecule has 0 spiro atoms. The molecule has 1 amide bonds. The molecule has 0 fully saturated rings. The highest BCUT2D eigenvalue weighted by molar-refractivity contribution is 14.1. The van der Waals surface area contributed by atoms with Crippen molar-refractivity contribution in [2.24, 2.45) is 0 Å². The second-order valence-corrected chi connectivity index (χ2v) is 8.70. The fraction of sp³-hybridized carbons (Fsp3) is 0.235. The number of carbonyl (C=O) groups excluding carboxylic acids is 1. The van der Waals surface area contributed by atoms with E-state index in [0.29, 0.717) is 39.8 Å². The maximum Gasteiger partial charge on any atom is 0.227 e. The van der Waals surface area contributed by atoms with Crippen molar-refractivity contribution in [1.82, 2.24) is 19.6 Å². The number of aromatic nitrogens is 4. The van der Waals surface area contributed by atoms with Gasteiger partial charge in [-0.05, 0) is 63.1 Å². The first-order chi connectivity index (χ1) is 12.8. The number of amides is 1. The molecule has 0 saturated carbocycles.